The van der Waals surface area contributed by atoms with E-state index in [0.29, 0.717) is 31.8 Å². The van der Waals surface area contributed by atoms with E-state index in [1.54, 1.807) is 18.2 Å². The van der Waals surface area contributed by atoms with Gasteiger partial charge in [0.1, 0.15) is 18.6 Å². The molecule has 22 heteroatoms. The lowest BCUT2D eigenvalue weighted by Crippen LogP contribution is -2.58. The molecule has 0 atom stereocenters. The van der Waals surface area contributed by atoms with Crippen LogP contribution in [0.4, 0.5) is 43.9 Å². The van der Waals surface area contributed by atoms with Crippen molar-refractivity contribution in [2.75, 3.05) is 61.3 Å². The lowest BCUT2D eigenvalue weighted by atomic mass is 9.94. The maximum Gasteiger partial charge on any atom is 0.405 e. The molecule has 0 saturated carbocycles. The van der Waals surface area contributed by atoms with Crippen molar-refractivity contribution in [3.05, 3.63) is 71.5 Å². The van der Waals surface area contributed by atoms with Gasteiger partial charge in [0, 0.05) is 62.8 Å². The standard InChI is InChI=1S/C38H38F5N11O6/c39-32(40)31-27(46-33(56)28-19-60-34(47-28)22-3-9-44-29(15-22)45-20-38(41,42)43)18-52(49-31)23-6-10-50(11-7-23)17-21-4-12-51(13-5-21)24-1-2-25-26(16-24)36(58)54(35(25)57)53-14-8-30(55)48-37(53)59/h1-3,9,15-16,18-19,21,23,32H,4-8,10-14,17,20H2,(H,44,45)(H,46,56)(H,48,55,59). The lowest BCUT2D eigenvalue weighted by Gasteiger charge is -2.38. The Kier molecular flexibility index (Phi) is 11.0. The molecule has 17 nitrogen and oxygen atoms in total. The maximum absolute atomic E-state index is 14.1. The van der Waals surface area contributed by atoms with Gasteiger partial charge in [0.15, 0.2) is 11.4 Å². The van der Waals surface area contributed by atoms with Crippen LogP contribution in [0, 0.1) is 5.92 Å². The molecular formula is C38H38F5N11O6. The molecule has 8 rings (SSSR count). The van der Waals surface area contributed by atoms with Gasteiger partial charge >= 0.3 is 12.2 Å². The quantitative estimate of drug-likeness (QED) is 0.134. The number of hydrogen-bond acceptors (Lipinski definition) is 12. The number of nitrogens with one attached hydrogen (secondary N) is 3. The van der Waals surface area contributed by atoms with Crippen LogP contribution in [0.1, 0.15) is 81.5 Å². The number of oxazole rings is 1. The van der Waals surface area contributed by atoms with Crippen molar-refractivity contribution in [1.82, 2.24) is 40.0 Å². The van der Waals surface area contributed by atoms with Gasteiger partial charge in [0.25, 0.3) is 24.1 Å². The minimum atomic E-state index is -4.47. The summed E-state index contributed by atoms with van der Waals surface area (Å²) in [5.74, 6) is -2.33. The summed E-state index contributed by atoms with van der Waals surface area (Å²) in [6, 6.07) is 6.75. The molecule has 4 aliphatic rings. The molecule has 0 bridgehead atoms. The summed E-state index contributed by atoms with van der Waals surface area (Å²) in [4.78, 5) is 75.7. The Bertz CT molecular complexity index is 2320. The number of fused-ring (bicyclic) bond motifs is 1. The molecule has 1 aromatic carbocycles. The molecule has 7 heterocycles. The first kappa shape index (κ1) is 40.3. The number of carbonyl (C=O) groups is 5. The predicted molar refractivity (Wildman–Crippen MR) is 201 cm³/mol. The highest BCUT2D eigenvalue weighted by molar-refractivity contribution is 6.22. The Morgan fingerprint density at radius 3 is 2.42 bits per heavy atom. The van der Waals surface area contributed by atoms with Crippen molar-refractivity contribution >= 4 is 46.9 Å². The van der Waals surface area contributed by atoms with Gasteiger partial charge in [-0.1, -0.05) is 0 Å². The summed E-state index contributed by atoms with van der Waals surface area (Å²) in [6.07, 6.45) is -0.791. The number of aromatic nitrogens is 4. The number of benzene rings is 1. The Morgan fingerprint density at radius 1 is 0.950 bits per heavy atom. The SMILES string of the molecule is O=C1CCN(N2C(=O)c3ccc(N4CCC(CN5CCC(n6cc(NC(=O)c7coc(-c8ccnc(NCC(F)(F)F)c8)n7)c(C(F)F)n6)CC5)CC4)cc3C2=O)C(=O)N1. The number of alkyl halides is 5. The zero-order valence-corrected chi connectivity index (χ0v) is 31.8. The Labute approximate surface area is 337 Å². The Morgan fingerprint density at radius 2 is 1.70 bits per heavy atom. The van der Waals surface area contributed by atoms with Crippen molar-refractivity contribution in [3.63, 3.8) is 0 Å². The van der Waals surface area contributed by atoms with E-state index in [4.69, 9.17) is 4.42 Å². The van der Waals surface area contributed by atoms with Crippen LogP contribution < -0.4 is 20.9 Å². The van der Waals surface area contributed by atoms with Crippen molar-refractivity contribution in [3.8, 4) is 11.5 Å². The highest BCUT2D eigenvalue weighted by Crippen LogP contribution is 2.34. The van der Waals surface area contributed by atoms with Gasteiger partial charge in [-0.3, -0.25) is 29.2 Å². The van der Waals surface area contributed by atoms with Crippen LogP contribution >= 0.6 is 0 Å². The van der Waals surface area contributed by atoms with Gasteiger partial charge in [0.2, 0.25) is 11.8 Å². The fraction of sp³-hybridized carbons (Fsp3) is 0.421. The molecule has 0 spiro atoms. The number of piperidine rings is 2. The molecule has 3 fully saturated rings. The summed E-state index contributed by atoms with van der Waals surface area (Å²) in [7, 11) is 0. The molecule has 60 heavy (non-hydrogen) atoms. The summed E-state index contributed by atoms with van der Waals surface area (Å²) in [5.41, 5.74) is 0.405. The fourth-order valence-electron chi connectivity index (χ4n) is 7.88. The third-order valence-corrected chi connectivity index (χ3v) is 11.0. The van der Waals surface area contributed by atoms with Crippen molar-refractivity contribution < 1.29 is 50.3 Å². The summed E-state index contributed by atoms with van der Waals surface area (Å²) in [5, 5.41) is 12.6. The number of halogens is 5. The molecule has 316 valence electrons. The fourth-order valence-corrected chi connectivity index (χ4v) is 7.88. The second kappa shape index (κ2) is 16.3. The largest absolute Gasteiger partial charge is 0.444 e. The van der Waals surface area contributed by atoms with Crippen LogP contribution in [-0.2, 0) is 4.79 Å². The first-order chi connectivity index (χ1) is 28.7. The lowest BCUT2D eigenvalue weighted by molar-refractivity contribution is -0.123. The molecule has 0 unspecified atom stereocenters. The third kappa shape index (κ3) is 8.49. The number of amides is 6. The van der Waals surface area contributed by atoms with Gasteiger partial charge < -0.3 is 24.9 Å². The topological polar surface area (TPSA) is 191 Å². The molecule has 6 amide bonds. The highest BCUT2D eigenvalue weighted by Gasteiger charge is 2.43. The monoisotopic (exact) mass is 839 g/mol. The molecule has 4 aromatic rings. The summed E-state index contributed by atoms with van der Waals surface area (Å²) < 4.78 is 72.9. The zero-order valence-electron chi connectivity index (χ0n) is 31.8. The van der Waals surface area contributed by atoms with Crippen molar-refractivity contribution in [1.29, 1.82) is 0 Å². The third-order valence-electron chi connectivity index (χ3n) is 11.0. The van der Waals surface area contributed by atoms with E-state index in [9.17, 15) is 45.9 Å². The number of carbonyl (C=O) groups excluding carboxylic acids is 5. The summed E-state index contributed by atoms with van der Waals surface area (Å²) >= 11 is 0. The molecule has 0 aliphatic carbocycles. The summed E-state index contributed by atoms with van der Waals surface area (Å²) in [6.45, 7) is 2.33. The van der Waals surface area contributed by atoms with Crippen LogP contribution in [0.25, 0.3) is 11.5 Å². The van der Waals surface area contributed by atoms with Crippen LogP contribution in [0.2, 0.25) is 0 Å². The number of anilines is 3. The number of rotatable bonds is 11. The average molecular weight is 840 g/mol. The van der Waals surface area contributed by atoms with Gasteiger partial charge in [0.05, 0.1) is 29.4 Å². The molecule has 4 aliphatic heterocycles. The molecule has 0 radical (unpaired) electrons. The normalized spacial score (nSPS) is 18.4. The molecule has 3 N–H and O–H groups in total. The number of imide groups is 2. The van der Waals surface area contributed by atoms with Crippen molar-refractivity contribution in [2.24, 2.45) is 5.92 Å². The first-order valence-electron chi connectivity index (χ1n) is 19.2. The Balaban J connectivity index is 0.823. The van der Waals surface area contributed by atoms with E-state index in [1.165, 1.54) is 29.2 Å². The molecular weight excluding hydrogens is 801 g/mol. The van der Waals surface area contributed by atoms with E-state index in [1.807, 2.05) is 0 Å². The Hall–Kier alpha value is -6.45. The number of hydrogen-bond donors (Lipinski definition) is 3. The number of nitrogens with zero attached hydrogens (tertiary/aromatic N) is 8. The minimum Gasteiger partial charge on any atom is -0.444 e. The number of likely N-dealkylation sites (tertiary alicyclic amines) is 1. The predicted octanol–water partition coefficient (Wildman–Crippen LogP) is 5.10. The second-order valence-corrected chi connectivity index (χ2v) is 14.9. The maximum atomic E-state index is 14.1. The highest BCUT2D eigenvalue weighted by atomic mass is 19.4. The van der Waals surface area contributed by atoms with Crippen LogP contribution in [0.3, 0.4) is 0 Å². The van der Waals surface area contributed by atoms with E-state index in [0.717, 1.165) is 54.4 Å². The van der Waals surface area contributed by atoms with Crippen molar-refractivity contribution in [2.45, 2.75) is 50.7 Å². The van der Waals surface area contributed by atoms with E-state index < -0.39 is 54.5 Å². The van der Waals surface area contributed by atoms with Crippen LogP contribution in [0.5, 0.6) is 0 Å². The van der Waals surface area contributed by atoms with Gasteiger partial charge in [-0.15, -0.1) is 0 Å². The molecule has 3 saturated heterocycles. The number of pyridine rings is 1. The smallest absolute Gasteiger partial charge is 0.405 e. The average Bonchev–Trinajstić information content (AvgIpc) is 3.95. The van der Waals surface area contributed by atoms with Gasteiger partial charge in [-0.05, 0) is 61.9 Å². The molecule has 3 aromatic heterocycles. The zero-order chi connectivity index (χ0) is 42.3. The number of urea groups is 1. The van der Waals surface area contributed by atoms with Crippen LogP contribution in [0.15, 0.2) is 53.4 Å². The minimum absolute atomic E-state index is 0.0260. The van der Waals surface area contributed by atoms with Gasteiger partial charge in [-0.25, -0.2) is 28.6 Å². The van der Waals surface area contributed by atoms with E-state index in [-0.39, 0.29) is 58.8 Å². The second-order valence-electron chi connectivity index (χ2n) is 14.9. The number of hydrazine groups is 1. The van der Waals surface area contributed by atoms with Crippen LogP contribution in [-0.4, -0.2) is 116 Å². The van der Waals surface area contributed by atoms with Gasteiger partial charge in [-0.2, -0.15) is 23.3 Å². The van der Waals surface area contributed by atoms with E-state index >= 15 is 0 Å². The first-order valence-corrected chi connectivity index (χ1v) is 19.2. The van der Waals surface area contributed by atoms with E-state index in [2.05, 4.69) is 40.8 Å².